The Balaban J connectivity index is 1.46. The Labute approximate surface area is 199 Å². The van der Waals surface area contributed by atoms with Gasteiger partial charge in [0.15, 0.2) is 5.82 Å². The van der Waals surface area contributed by atoms with Crippen molar-refractivity contribution >= 4 is 0 Å². The number of benzene rings is 2. The minimum atomic E-state index is -0.219. The third-order valence-corrected chi connectivity index (χ3v) is 6.61. The molecule has 0 atom stereocenters. The van der Waals surface area contributed by atoms with Gasteiger partial charge >= 0.3 is 5.69 Å². The van der Waals surface area contributed by atoms with E-state index in [1.807, 2.05) is 22.8 Å². The SMILES string of the molecule is CC(C)(C)c1nn(C2CCCCC2)c(=O)n1Cc1ccc(-c2ccccc2-c2nnn[nH]2)cc1. The van der Waals surface area contributed by atoms with Crippen LogP contribution in [0.5, 0.6) is 0 Å². The normalized spacial score (nSPS) is 15.0. The fourth-order valence-electron chi connectivity index (χ4n) is 4.86. The van der Waals surface area contributed by atoms with Crippen molar-refractivity contribution in [2.75, 3.05) is 0 Å². The molecular formula is C26H31N7O. The highest BCUT2D eigenvalue weighted by molar-refractivity contribution is 5.80. The van der Waals surface area contributed by atoms with Crippen LogP contribution < -0.4 is 5.69 Å². The van der Waals surface area contributed by atoms with E-state index >= 15 is 0 Å². The van der Waals surface area contributed by atoms with Crippen molar-refractivity contribution in [3.63, 3.8) is 0 Å². The van der Waals surface area contributed by atoms with Crippen molar-refractivity contribution < 1.29 is 0 Å². The summed E-state index contributed by atoms with van der Waals surface area (Å²) in [6.45, 7) is 6.87. The van der Waals surface area contributed by atoms with E-state index in [2.05, 4.69) is 71.7 Å². The topological polar surface area (TPSA) is 94.3 Å². The Kier molecular flexibility index (Phi) is 5.89. The second kappa shape index (κ2) is 9.00. The Bertz CT molecular complexity index is 1300. The highest BCUT2D eigenvalue weighted by atomic mass is 16.2. The molecule has 0 amide bonds. The summed E-state index contributed by atoms with van der Waals surface area (Å²) < 4.78 is 3.62. The summed E-state index contributed by atoms with van der Waals surface area (Å²) in [5.41, 5.74) is 3.91. The number of rotatable bonds is 5. The van der Waals surface area contributed by atoms with E-state index in [9.17, 15) is 4.79 Å². The van der Waals surface area contributed by atoms with Crippen LogP contribution in [0.4, 0.5) is 0 Å². The smallest absolute Gasteiger partial charge is 0.274 e. The quantitative estimate of drug-likeness (QED) is 0.467. The average Bonchev–Trinajstić information content (AvgIpc) is 3.49. The van der Waals surface area contributed by atoms with Gasteiger partial charge in [0.1, 0.15) is 5.82 Å². The van der Waals surface area contributed by atoms with Crippen LogP contribution >= 0.6 is 0 Å². The summed E-state index contributed by atoms with van der Waals surface area (Å²) in [5.74, 6) is 1.48. The average molecular weight is 458 g/mol. The zero-order chi connectivity index (χ0) is 23.7. The van der Waals surface area contributed by atoms with E-state index in [4.69, 9.17) is 5.10 Å². The summed E-state index contributed by atoms with van der Waals surface area (Å²) in [7, 11) is 0. The second-order valence-electron chi connectivity index (χ2n) is 10.2. The summed E-state index contributed by atoms with van der Waals surface area (Å²) in [6, 6.07) is 16.6. The molecule has 0 spiro atoms. The molecule has 0 saturated heterocycles. The van der Waals surface area contributed by atoms with Gasteiger partial charge in [-0.1, -0.05) is 88.6 Å². The van der Waals surface area contributed by atoms with Crippen LogP contribution in [0.3, 0.4) is 0 Å². The number of hydrogen-bond donors (Lipinski definition) is 1. The van der Waals surface area contributed by atoms with Crippen molar-refractivity contribution in [1.82, 2.24) is 35.0 Å². The van der Waals surface area contributed by atoms with Crippen LogP contribution in [0, 0.1) is 0 Å². The zero-order valence-electron chi connectivity index (χ0n) is 20.0. The first-order valence-corrected chi connectivity index (χ1v) is 12.0. The summed E-state index contributed by atoms with van der Waals surface area (Å²) in [6.07, 6.45) is 5.66. The molecule has 1 saturated carbocycles. The lowest BCUT2D eigenvalue weighted by Gasteiger charge is -2.21. The predicted octanol–water partition coefficient (Wildman–Crippen LogP) is 4.74. The van der Waals surface area contributed by atoms with Gasteiger partial charge in [-0.25, -0.2) is 14.6 Å². The Morgan fingerprint density at radius 1 is 0.971 bits per heavy atom. The first-order chi connectivity index (χ1) is 16.4. The van der Waals surface area contributed by atoms with Gasteiger partial charge in [-0.05, 0) is 40.0 Å². The maximum absolute atomic E-state index is 13.4. The molecule has 1 aliphatic carbocycles. The predicted molar refractivity (Wildman–Crippen MR) is 131 cm³/mol. The van der Waals surface area contributed by atoms with E-state index in [0.717, 1.165) is 40.9 Å². The summed E-state index contributed by atoms with van der Waals surface area (Å²) in [4.78, 5) is 13.4. The molecular weight excluding hydrogens is 426 g/mol. The lowest BCUT2D eigenvalue weighted by molar-refractivity contribution is 0.318. The molecule has 0 aliphatic heterocycles. The van der Waals surface area contributed by atoms with Crippen molar-refractivity contribution in [2.45, 2.75) is 70.9 Å². The minimum Gasteiger partial charge on any atom is -0.274 e. The third-order valence-electron chi connectivity index (χ3n) is 6.61. The minimum absolute atomic E-state index is 0.00377. The summed E-state index contributed by atoms with van der Waals surface area (Å²) >= 11 is 0. The van der Waals surface area contributed by atoms with E-state index < -0.39 is 0 Å². The molecule has 5 rings (SSSR count). The fourth-order valence-corrected chi connectivity index (χ4v) is 4.86. The van der Waals surface area contributed by atoms with E-state index in [0.29, 0.717) is 12.4 Å². The Hall–Kier alpha value is -3.55. The molecule has 8 heteroatoms. The number of hydrogen-bond acceptors (Lipinski definition) is 5. The molecule has 4 aromatic rings. The van der Waals surface area contributed by atoms with Gasteiger partial charge in [0.05, 0.1) is 12.6 Å². The van der Waals surface area contributed by atoms with Crippen LogP contribution in [0.25, 0.3) is 22.5 Å². The molecule has 2 aromatic heterocycles. The van der Waals surface area contributed by atoms with Gasteiger partial charge in [0.25, 0.3) is 0 Å². The molecule has 2 aromatic carbocycles. The number of nitrogens with zero attached hydrogens (tertiary/aromatic N) is 6. The van der Waals surface area contributed by atoms with Gasteiger partial charge in [-0.2, -0.15) is 5.10 Å². The molecule has 8 nitrogen and oxygen atoms in total. The summed E-state index contributed by atoms with van der Waals surface area (Å²) in [5, 5.41) is 19.2. The number of H-pyrrole nitrogens is 1. The van der Waals surface area contributed by atoms with E-state index in [-0.39, 0.29) is 17.1 Å². The van der Waals surface area contributed by atoms with Crippen LogP contribution in [0.1, 0.15) is 70.3 Å². The molecule has 0 unspecified atom stereocenters. The van der Waals surface area contributed by atoms with Crippen molar-refractivity contribution in [2.24, 2.45) is 0 Å². The van der Waals surface area contributed by atoms with Crippen molar-refractivity contribution in [3.05, 3.63) is 70.4 Å². The largest absolute Gasteiger partial charge is 0.346 e. The molecule has 0 radical (unpaired) electrons. The number of aromatic nitrogens is 7. The van der Waals surface area contributed by atoms with Crippen molar-refractivity contribution in [1.29, 1.82) is 0 Å². The van der Waals surface area contributed by atoms with Crippen molar-refractivity contribution in [3.8, 4) is 22.5 Å². The van der Waals surface area contributed by atoms with Crippen LogP contribution in [0.15, 0.2) is 53.3 Å². The lowest BCUT2D eigenvalue weighted by atomic mass is 9.95. The van der Waals surface area contributed by atoms with Gasteiger partial charge in [-0.15, -0.1) is 5.10 Å². The van der Waals surface area contributed by atoms with Crippen LogP contribution in [0.2, 0.25) is 0 Å². The molecule has 1 fully saturated rings. The Morgan fingerprint density at radius 3 is 2.32 bits per heavy atom. The first-order valence-electron chi connectivity index (χ1n) is 12.0. The standard InChI is InChI=1S/C26H31N7O/c1-26(2,3)24-29-33(20-9-5-4-6-10-20)25(34)32(24)17-18-13-15-19(16-14-18)21-11-7-8-12-22(21)23-27-30-31-28-23/h7-8,11-16,20H,4-6,9-10,17H2,1-3H3,(H,27,28,30,31). The van der Waals surface area contributed by atoms with Crippen LogP contribution in [-0.2, 0) is 12.0 Å². The molecule has 1 aliphatic rings. The van der Waals surface area contributed by atoms with Gasteiger partial charge in [0.2, 0.25) is 0 Å². The number of nitrogens with one attached hydrogen (secondary N) is 1. The van der Waals surface area contributed by atoms with Gasteiger partial charge in [0, 0.05) is 11.0 Å². The third kappa shape index (κ3) is 4.32. The Morgan fingerprint density at radius 2 is 1.68 bits per heavy atom. The molecule has 0 bridgehead atoms. The zero-order valence-corrected chi connectivity index (χ0v) is 20.0. The van der Waals surface area contributed by atoms with E-state index in [1.165, 1.54) is 19.3 Å². The number of aromatic amines is 1. The molecule has 1 N–H and O–H groups in total. The highest BCUT2D eigenvalue weighted by Crippen LogP contribution is 2.31. The maximum atomic E-state index is 13.4. The monoisotopic (exact) mass is 457 g/mol. The lowest BCUT2D eigenvalue weighted by Crippen LogP contribution is -2.30. The van der Waals surface area contributed by atoms with E-state index in [1.54, 1.807) is 4.68 Å². The van der Waals surface area contributed by atoms with Gasteiger partial charge < -0.3 is 0 Å². The van der Waals surface area contributed by atoms with Gasteiger partial charge in [-0.3, -0.25) is 4.57 Å². The first kappa shape index (κ1) is 22.3. The highest BCUT2D eigenvalue weighted by Gasteiger charge is 2.28. The maximum Gasteiger partial charge on any atom is 0.346 e. The van der Waals surface area contributed by atoms with Crippen LogP contribution in [-0.4, -0.2) is 35.0 Å². The molecule has 176 valence electrons. The number of tetrazole rings is 1. The molecule has 2 heterocycles. The molecule has 34 heavy (non-hydrogen) atoms. The fraction of sp³-hybridized carbons (Fsp3) is 0.423. The second-order valence-corrected chi connectivity index (χ2v) is 10.2.